The van der Waals surface area contributed by atoms with Crippen molar-refractivity contribution in [2.75, 3.05) is 13.2 Å². The monoisotopic (exact) mass is 217 g/mol. The van der Waals surface area contributed by atoms with Crippen LogP contribution in [0.1, 0.15) is 40.0 Å². The average molecular weight is 217 g/mol. The van der Waals surface area contributed by atoms with Crippen molar-refractivity contribution in [3.05, 3.63) is 0 Å². The van der Waals surface area contributed by atoms with Crippen LogP contribution in [0.4, 0.5) is 0 Å². The molecule has 0 aromatic rings. The van der Waals surface area contributed by atoms with Crippen LogP contribution in [0.5, 0.6) is 0 Å². The topological polar surface area (TPSA) is 35.2 Å². The second-order valence-corrected chi connectivity index (χ2v) is 8.16. The molecule has 0 aliphatic rings. The van der Waals surface area contributed by atoms with Gasteiger partial charge in [-0.05, 0) is 38.0 Å². The molecule has 0 bridgehead atoms. The lowest BCUT2D eigenvalue weighted by Gasteiger charge is -2.30. The maximum absolute atomic E-state index is 6.10. The Labute approximate surface area is 90.3 Å². The summed E-state index contributed by atoms with van der Waals surface area (Å²) in [7, 11) is -1.40. The van der Waals surface area contributed by atoms with Gasteiger partial charge in [0.25, 0.3) is 0 Å². The molecule has 0 radical (unpaired) electrons. The van der Waals surface area contributed by atoms with Gasteiger partial charge in [-0.2, -0.15) is 0 Å². The summed E-state index contributed by atoms with van der Waals surface area (Å²) in [6.45, 7) is 8.35. The fourth-order valence-corrected chi connectivity index (χ4v) is 6.70. The van der Waals surface area contributed by atoms with Gasteiger partial charge >= 0.3 is 0 Å². The highest BCUT2D eigenvalue weighted by Gasteiger charge is 2.31. The molecule has 86 valence electrons. The molecule has 0 aliphatic heterocycles. The minimum Gasteiger partial charge on any atom is -0.417 e. The number of hydrogen-bond acceptors (Lipinski definition) is 2. The zero-order valence-electron chi connectivity index (χ0n) is 10.1. The van der Waals surface area contributed by atoms with E-state index in [2.05, 4.69) is 20.8 Å². The molecule has 0 saturated heterocycles. The molecule has 0 fully saturated rings. The van der Waals surface area contributed by atoms with Gasteiger partial charge in [-0.3, -0.25) is 0 Å². The number of nitrogens with two attached hydrogens (primary N) is 1. The molecular weight excluding hydrogens is 190 g/mol. The van der Waals surface area contributed by atoms with E-state index < -0.39 is 8.32 Å². The molecule has 2 N–H and O–H groups in total. The molecule has 0 aliphatic carbocycles. The predicted octanol–water partition coefficient (Wildman–Crippen LogP) is 3.14. The summed E-state index contributed by atoms with van der Waals surface area (Å²) in [5, 5.41) is 0. The standard InChI is InChI=1S/C11H27NOSi/c1-4-9-14(10-5-2,13-6-3)11-7-8-12/h4-12H2,1-3H3. The van der Waals surface area contributed by atoms with Crippen molar-refractivity contribution >= 4 is 8.32 Å². The normalized spacial score (nSPS) is 12.0. The summed E-state index contributed by atoms with van der Waals surface area (Å²) in [6.07, 6.45) is 3.67. The van der Waals surface area contributed by atoms with Gasteiger partial charge in [-0.25, -0.2) is 0 Å². The van der Waals surface area contributed by atoms with E-state index in [1.807, 2.05) is 0 Å². The molecule has 14 heavy (non-hydrogen) atoms. The SMILES string of the molecule is CCC[Si](CCC)(CCCN)OCC. The van der Waals surface area contributed by atoms with E-state index in [0.717, 1.165) is 19.6 Å². The van der Waals surface area contributed by atoms with E-state index in [4.69, 9.17) is 10.2 Å². The zero-order valence-corrected chi connectivity index (χ0v) is 11.1. The molecular formula is C11H27NOSi. The highest BCUT2D eigenvalue weighted by atomic mass is 28.4. The molecule has 0 atom stereocenters. The third kappa shape index (κ3) is 5.13. The van der Waals surface area contributed by atoms with Crippen molar-refractivity contribution < 1.29 is 4.43 Å². The first-order valence-electron chi connectivity index (χ1n) is 6.08. The Balaban J connectivity index is 4.21. The third-order valence-corrected chi connectivity index (χ3v) is 7.69. The number of rotatable bonds is 9. The first-order valence-corrected chi connectivity index (χ1v) is 8.61. The maximum atomic E-state index is 6.10. The van der Waals surface area contributed by atoms with Crippen molar-refractivity contribution in [3.63, 3.8) is 0 Å². The quantitative estimate of drug-likeness (QED) is 0.602. The van der Waals surface area contributed by atoms with E-state index in [0.29, 0.717) is 0 Å². The van der Waals surface area contributed by atoms with Crippen LogP contribution in [0.25, 0.3) is 0 Å². The van der Waals surface area contributed by atoms with Crippen LogP contribution in [0, 0.1) is 0 Å². The van der Waals surface area contributed by atoms with Crippen molar-refractivity contribution in [2.45, 2.75) is 58.2 Å². The Kier molecular flexibility index (Phi) is 8.53. The van der Waals surface area contributed by atoms with Gasteiger partial charge in [-0.15, -0.1) is 0 Å². The fourth-order valence-electron chi connectivity index (χ4n) is 2.23. The molecule has 0 aromatic carbocycles. The van der Waals surface area contributed by atoms with Crippen molar-refractivity contribution in [1.82, 2.24) is 0 Å². The summed E-state index contributed by atoms with van der Waals surface area (Å²) < 4.78 is 6.10. The minimum atomic E-state index is -1.40. The molecule has 0 heterocycles. The Hall–Kier alpha value is 0.137. The van der Waals surface area contributed by atoms with Gasteiger partial charge in [0.15, 0.2) is 8.32 Å². The lowest BCUT2D eigenvalue weighted by atomic mass is 10.5. The smallest absolute Gasteiger partial charge is 0.192 e. The molecule has 0 spiro atoms. The van der Waals surface area contributed by atoms with Crippen LogP contribution in [-0.4, -0.2) is 21.5 Å². The largest absolute Gasteiger partial charge is 0.417 e. The van der Waals surface area contributed by atoms with Crippen molar-refractivity contribution in [3.8, 4) is 0 Å². The Morgan fingerprint density at radius 1 is 1.00 bits per heavy atom. The van der Waals surface area contributed by atoms with Crippen LogP contribution >= 0.6 is 0 Å². The Morgan fingerprint density at radius 3 is 1.93 bits per heavy atom. The van der Waals surface area contributed by atoms with E-state index in [1.54, 1.807) is 0 Å². The molecule has 2 nitrogen and oxygen atoms in total. The van der Waals surface area contributed by atoms with Gasteiger partial charge < -0.3 is 10.2 Å². The first kappa shape index (κ1) is 14.1. The van der Waals surface area contributed by atoms with Gasteiger partial charge in [0.1, 0.15) is 0 Å². The van der Waals surface area contributed by atoms with E-state index in [-0.39, 0.29) is 0 Å². The zero-order chi connectivity index (χ0) is 10.9. The molecule has 3 heteroatoms. The highest BCUT2D eigenvalue weighted by molar-refractivity contribution is 6.73. The van der Waals surface area contributed by atoms with Crippen LogP contribution < -0.4 is 5.73 Å². The summed E-state index contributed by atoms with van der Waals surface area (Å²) >= 11 is 0. The second kappa shape index (κ2) is 8.45. The van der Waals surface area contributed by atoms with Gasteiger partial charge in [0.05, 0.1) is 0 Å². The first-order chi connectivity index (χ1) is 6.74. The Morgan fingerprint density at radius 2 is 1.57 bits per heavy atom. The Bertz CT molecular complexity index is 113. The maximum Gasteiger partial charge on any atom is 0.192 e. The third-order valence-electron chi connectivity index (χ3n) is 2.70. The molecule has 0 saturated carbocycles. The van der Waals surface area contributed by atoms with Crippen LogP contribution in [-0.2, 0) is 4.43 Å². The minimum absolute atomic E-state index is 0.815. The lowest BCUT2D eigenvalue weighted by Crippen LogP contribution is -2.38. The van der Waals surface area contributed by atoms with E-state index in [9.17, 15) is 0 Å². The van der Waals surface area contributed by atoms with Crippen molar-refractivity contribution in [2.24, 2.45) is 5.73 Å². The van der Waals surface area contributed by atoms with Crippen molar-refractivity contribution in [1.29, 1.82) is 0 Å². The molecule has 0 unspecified atom stereocenters. The summed E-state index contributed by atoms with van der Waals surface area (Å²) in [5.74, 6) is 0. The fraction of sp³-hybridized carbons (Fsp3) is 1.00. The van der Waals surface area contributed by atoms with Crippen LogP contribution in [0.2, 0.25) is 18.1 Å². The van der Waals surface area contributed by atoms with Gasteiger partial charge in [0, 0.05) is 6.61 Å². The lowest BCUT2D eigenvalue weighted by molar-refractivity contribution is 0.316. The predicted molar refractivity (Wildman–Crippen MR) is 66.1 cm³/mol. The molecule has 0 rings (SSSR count). The van der Waals surface area contributed by atoms with Crippen LogP contribution in [0.3, 0.4) is 0 Å². The molecule has 0 aromatic heterocycles. The summed E-state index contributed by atoms with van der Waals surface area (Å²) in [4.78, 5) is 0. The van der Waals surface area contributed by atoms with Crippen LogP contribution in [0.15, 0.2) is 0 Å². The van der Waals surface area contributed by atoms with E-state index in [1.165, 1.54) is 31.0 Å². The average Bonchev–Trinajstić information content (AvgIpc) is 2.16. The van der Waals surface area contributed by atoms with E-state index >= 15 is 0 Å². The summed E-state index contributed by atoms with van der Waals surface area (Å²) in [6, 6.07) is 3.89. The molecule has 0 amide bonds. The van der Waals surface area contributed by atoms with Gasteiger partial charge in [-0.1, -0.05) is 26.7 Å². The summed E-state index contributed by atoms with van der Waals surface area (Å²) in [5.41, 5.74) is 5.59. The number of hydrogen-bond donors (Lipinski definition) is 1. The van der Waals surface area contributed by atoms with Gasteiger partial charge in [0.2, 0.25) is 0 Å². The highest BCUT2D eigenvalue weighted by Crippen LogP contribution is 2.27. The second-order valence-electron chi connectivity index (χ2n) is 4.01.